The fourth-order valence-corrected chi connectivity index (χ4v) is 3.15. The van der Waals surface area contributed by atoms with Gasteiger partial charge in [-0.3, -0.25) is 4.79 Å². The number of aromatic nitrogens is 1. The van der Waals surface area contributed by atoms with Crippen molar-refractivity contribution in [1.29, 1.82) is 0 Å². The molecule has 5 heteroatoms. The number of carbonyl (C=O) groups is 1. The van der Waals surface area contributed by atoms with Crippen LogP contribution in [0.1, 0.15) is 11.9 Å². The molecule has 2 rings (SSSR count). The number of thiazole rings is 1. The van der Waals surface area contributed by atoms with Crippen molar-refractivity contribution in [3.8, 4) is 0 Å². The SMILES string of the molecule is CC(=O)Cc1nc2cc(Br)c(Br)cc2s1. The Morgan fingerprint density at radius 2 is 2.07 bits per heavy atom. The molecule has 15 heavy (non-hydrogen) atoms. The molecule has 2 nitrogen and oxygen atoms in total. The first kappa shape index (κ1) is 11.2. The van der Waals surface area contributed by atoms with Crippen molar-refractivity contribution in [2.24, 2.45) is 0 Å². The van der Waals surface area contributed by atoms with Crippen molar-refractivity contribution < 1.29 is 4.79 Å². The van der Waals surface area contributed by atoms with Gasteiger partial charge in [-0.2, -0.15) is 0 Å². The maximum Gasteiger partial charge on any atom is 0.136 e. The monoisotopic (exact) mass is 347 g/mol. The zero-order valence-electron chi connectivity index (χ0n) is 7.88. The first-order chi connectivity index (χ1) is 7.06. The zero-order valence-corrected chi connectivity index (χ0v) is 11.9. The van der Waals surface area contributed by atoms with Crippen LogP contribution >= 0.6 is 43.2 Å². The van der Waals surface area contributed by atoms with Crippen molar-refractivity contribution in [2.45, 2.75) is 13.3 Å². The summed E-state index contributed by atoms with van der Waals surface area (Å²) < 4.78 is 3.09. The molecule has 0 radical (unpaired) electrons. The van der Waals surface area contributed by atoms with Crippen LogP contribution in [0.2, 0.25) is 0 Å². The number of halogens is 2. The van der Waals surface area contributed by atoms with Crippen molar-refractivity contribution in [3.05, 3.63) is 26.1 Å². The minimum atomic E-state index is 0.146. The minimum Gasteiger partial charge on any atom is -0.300 e. The molecule has 0 saturated heterocycles. The van der Waals surface area contributed by atoms with Crippen molar-refractivity contribution in [1.82, 2.24) is 4.98 Å². The molecule has 0 atom stereocenters. The van der Waals surface area contributed by atoms with E-state index in [1.807, 2.05) is 12.1 Å². The van der Waals surface area contributed by atoms with Gasteiger partial charge >= 0.3 is 0 Å². The van der Waals surface area contributed by atoms with Crippen LogP contribution in [0.3, 0.4) is 0 Å². The molecule has 0 fully saturated rings. The van der Waals surface area contributed by atoms with E-state index in [1.54, 1.807) is 18.3 Å². The summed E-state index contributed by atoms with van der Waals surface area (Å²) in [4.78, 5) is 15.4. The Labute approximate surface area is 108 Å². The molecule has 0 aliphatic carbocycles. The Bertz CT molecular complexity index is 496. The second-order valence-corrected chi connectivity index (χ2v) is 6.04. The van der Waals surface area contributed by atoms with Gasteiger partial charge in [-0.15, -0.1) is 11.3 Å². The number of hydrogen-bond donors (Lipinski definition) is 0. The number of nitrogens with zero attached hydrogens (tertiary/aromatic N) is 1. The van der Waals surface area contributed by atoms with Crippen LogP contribution in [0.5, 0.6) is 0 Å². The molecule has 1 aromatic heterocycles. The quantitative estimate of drug-likeness (QED) is 0.822. The summed E-state index contributed by atoms with van der Waals surface area (Å²) in [5.74, 6) is 0.146. The summed E-state index contributed by atoms with van der Waals surface area (Å²) >= 11 is 8.43. The van der Waals surface area contributed by atoms with Gasteiger partial charge in [0, 0.05) is 8.95 Å². The molecule has 1 heterocycles. The van der Waals surface area contributed by atoms with Gasteiger partial charge < -0.3 is 0 Å². The van der Waals surface area contributed by atoms with Gasteiger partial charge in [0.25, 0.3) is 0 Å². The topological polar surface area (TPSA) is 30.0 Å². The summed E-state index contributed by atoms with van der Waals surface area (Å²) in [5, 5.41) is 0.877. The van der Waals surface area contributed by atoms with Crippen molar-refractivity contribution in [2.75, 3.05) is 0 Å². The highest BCUT2D eigenvalue weighted by Gasteiger charge is 2.08. The number of ketones is 1. The molecular weight excluding hydrogens is 342 g/mol. The first-order valence-electron chi connectivity index (χ1n) is 4.30. The van der Waals surface area contributed by atoms with E-state index in [4.69, 9.17) is 0 Å². The van der Waals surface area contributed by atoms with Gasteiger partial charge in [0.05, 0.1) is 16.6 Å². The average Bonchev–Trinajstić information content (AvgIpc) is 2.46. The summed E-state index contributed by atoms with van der Waals surface area (Å²) in [5.41, 5.74) is 0.936. The average molecular weight is 349 g/mol. The first-order valence-corrected chi connectivity index (χ1v) is 6.70. The lowest BCUT2D eigenvalue weighted by atomic mass is 10.3. The Morgan fingerprint density at radius 1 is 1.40 bits per heavy atom. The number of fused-ring (bicyclic) bond motifs is 1. The van der Waals surface area contributed by atoms with Crippen LogP contribution in [0, 0.1) is 0 Å². The summed E-state index contributed by atoms with van der Waals surface area (Å²) in [6.07, 6.45) is 0.425. The van der Waals surface area contributed by atoms with Gasteiger partial charge in [-0.25, -0.2) is 4.98 Å². The van der Waals surface area contributed by atoms with E-state index in [0.717, 1.165) is 24.2 Å². The third-order valence-corrected chi connectivity index (χ3v) is 4.74. The fourth-order valence-electron chi connectivity index (χ4n) is 1.26. The second kappa shape index (κ2) is 4.31. The maximum atomic E-state index is 11.0. The highest BCUT2D eigenvalue weighted by Crippen LogP contribution is 2.31. The molecule has 0 amide bonds. The molecule has 0 bridgehead atoms. The normalized spacial score (nSPS) is 10.9. The van der Waals surface area contributed by atoms with E-state index < -0.39 is 0 Å². The lowest BCUT2D eigenvalue weighted by Gasteiger charge is -1.93. The third kappa shape index (κ3) is 2.46. The minimum absolute atomic E-state index is 0.146. The zero-order chi connectivity index (χ0) is 11.0. The third-order valence-electron chi connectivity index (χ3n) is 1.87. The van der Waals surface area contributed by atoms with E-state index in [9.17, 15) is 4.79 Å². The molecule has 2 aromatic rings. The highest BCUT2D eigenvalue weighted by atomic mass is 79.9. The van der Waals surface area contributed by atoms with Crippen LogP contribution < -0.4 is 0 Å². The predicted octanol–water partition coefficient (Wildman–Crippen LogP) is 3.95. The Kier molecular flexibility index (Phi) is 3.23. The Balaban J connectivity index is 2.51. The molecule has 1 aromatic carbocycles. The number of hydrogen-bond acceptors (Lipinski definition) is 3. The van der Waals surface area contributed by atoms with Gasteiger partial charge in [-0.1, -0.05) is 0 Å². The standard InChI is InChI=1S/C10H7Br2NOS/c1-5(14)2-10-13-8-3-6(11)7(12)4-9(8)15-10/h3-4H,2H2,1H3. The fraction of sp³-hybridized carbons (Fsp3) is 0.200. The van der Waals surface area contributed by atoms with Gasteiger partial charge in [-0.05, 0) is 50.9 Å². The second-order valence-electron chi connectivity index (χ2n) is 3.22. The number of Topliss-reactive ketones (excluding diaryl/α,β-unsaturated/α-hetero) is 1. The predicted molar refractivity (Wildman–Crippen MR) is 69.4 cm³/mol. The van der Waals surface area contributed by atoms with Crippen molar-refractivity contribution >= 4 is 59.2 Å². The van der Waals surface area contributed by atoms with E-state index in [1.165, 1.54) is 0 Å². The molecular formula is C10H7Br2NOS. The van der Waals surface area contributed by atoms with Crippen molar-refractivity contribution in [3.63, 3.8) is 0 Å². The van der Waals surface area contributed by atoms with Crippen LogP contribution in [0.4, 0.5) is 0 Å². The summed E-state index contributed by atoms with van der Waals surface area (Å²) in [6, 6.07) is 3.97. The number of rotatable bonds is 2. The summed E-state index contributed by atoms with van der Waals surface area (Å²) in [6.45, 7) is 1.58. The van der Waals surface area contributed by atoms with Crippen LogP contribution in [-0.2, 0) is 11.2 Å². The number of benzene rings is 1. The van der Waals surface area contributed by atoms with Crippen LogP contribution in [0.25, 0.3) is 10.2 Å². The number of carbonyl (C=O) groups excluding carboxylic acids is 1. The van der Waals surface area contributed by atoms with Gasteiger partial charge in [0.1, 0.15) is 10.8 Å². The molecule has 0 aliphatic heterocycles. The lowest BCUT2D eigenvalue weighted by Crippen LogP contribution is -1.94. The molecule has 0 saturated carbocycles. The van der Waals surface area contributed by atoms with E-state index >= 15 is 0 Å². The highest BCUT2D eigenvalue weighted by molar-refractivity contribution is 9.13. The smallest absolute Gasteiger partial charge is 0.136 e. The molecule has 0 aliphatic rings. The lowest BCUT2D eigenvalue weighted by molar-refractivity contribution is -0.116. The molecule has 0 spiro atoms. The molecule has 0 unspecified atom stereocenters. The largest absolute Gasteiger partial charge is 0.300 e. The van der Waals surface area contributed by atoms with Gasteiger partial charge in [0.15, 0.2) is 0 Å². The summed E-state index contributed by atoms with van der Waals surface area (Å²) in [7, 11) is 0. The van der Waals surface area contributed by atoms with E-state index in [2.05, 4.69) is 36.8 Å². The Hall–Kier alpha value is -0.260. The van der Waals surface area contributed by atoms with Crippen LogP contribution in [-0.4, -0.2) is 10.8 Å². The molecule has 0 N–H and O–H groups in total. The van der Waals surface area contributed by atoms with E-state index in [-0.39, 0.29) is 5.78 Å². The van der Waals surface area contributed by atoms with Gasteiger partial charge in [0.2, 0.25) is 0 Å². The van der Waals surface area contributed by atoms with E-state index in [0.29, 0.717) is 6.42 Å². The molecule has 78 valence electrons. The maximum absolute atomic E-state index is 11.0. The van der Waals surface area contributed by atoms with Crippen LogP contribution in [0.15, 0.2) is 21.1 Å². The Morgan fingerprint density at radius 3 is 2.73 bits per heavy atom.